The third-order valence-corrected chi connectivity index (χ3v) is 9.39. The number of aliphatic hydroxyl groups excluding tert-OH is 2. The number of carboxylic acids is 1. The minimum atomic E-state index is -1.26. The van der Waals surface area contributed by atoms with Gasteiger partial charge in [-0.25, -0.2) is 15.0 Å². The maximum atomic E-state index is 13.2. The summed E-state index contributed by atoms with van der Waals surface area (Å²) in [4.78, 5) is 63.4. The number of ether oxygens (including phenoxy) is 1. The van der Waals surface area contributed by atoms with Crippen molar-refractivity contribution in [2.75, 3.05) is 5.73 Å². The molecule has 0 aromatic carbocycles. The topological polar surface area (TPSA) is 208 Å². The number of allylic oxidation sites excluding steroid dienone is 4. The van der Waals surface area contributed by atoms with Gasteiger partial charge >= 0.3 is 5.97 Å². The number of carboxylic acid groups (broad SMARTS) is 1. The summed E-state index contributed by atoms with van der Waals surface area (Å²) in [5, 5.41) is 31.6. The maximum Gasteiger partial charge on any atom is 0.306 e. The van der Waals surface area contributed by atoms with Gasteiger partial charge in [-0.2, -0.15) is 0 Å². The Hall–Kier alpha value is -3.81. The Morgan fingerprint density at radius 2 is 1.69 bits per heavy atom. The van der Waals surface area contributed by atoms with Crippen molar-refractivity contribution in [1.29, 1.82) is 0 Å². The van der Waals surface area contributed by atoms with Crippen molar-refractivity contribution in [1.82, 2.24) is 19.5 Å². The van der Waals surface area contributed by atoms with Crippen LogP contribution in [0.5, 0.6) is 0 Å². The summed E-state index contributed by atoms with van der Waals surface area (Å²) < 4.78 is 7.58. The predicted molar refractivity (Wildman–Crippen MR) is 164 cm³/mol. The molecule has 1 aliphatic carbocycles. The van der Waals surface area contributed by atoms with E-state index in [1.807, 2.05) is 6.92 Å². The van der Waals surface area contributed by atoms with Crippen LogP contribution in [0.1, 0.15) is 86.3 Å². The SMILES string of the molecule is CC[C@@H](CC[C@H](CC(=O)CC(C)(C)C1=C(C)C(=O)C(C)=C(C)C1=O)C(=O)O)C[C@H]1O[C@@H](n2cnc3c(N)ncnc32)[C@@H](O)C1O. The van der Waals surface area contributed by atoms with Gasteiger partial charge in [-0.15, -0.1) is 0 Å². The van der Waals surface area contributed by atoms with Crippen LogP contribution >= 0.6 is 0 Å². The Balaban J connectivity index is 1.38. The third-order valence-electron chi connectivity index (χ3n) is 9.39. The lowest BCUT2D eigenvalue weighted by Crippen LogP contribution is -2.33. The quantitative estimate of drug-likeness (QED) is 0.237. The van der Waals surface area contributed by atoms with Gasteiger partial charge in [0.05, 0.1) is 18.3 Å². The number of carbonyl (C=O) groups is 4. The van der Waals surface area contributed by atoms with Crippen LogP contribution in [0.3, 0.4) is 0 Å². The molecule has 2 aromatic heterocycles. The average molecular weight is 626 g/mol. The number of aliphatic hydroxyl groups is 2. The molecule has 45 heavy (non-hydrogen) atoms. The van der Waals surface area contributed by atoms with Crippen molar-refractivity contribution in [2.24, 2.45) is 17.3 Å². The van der Waals surface area contributed by atoms with Crippen LogP contribution in [0.15, 0.2) is 34.9 Å². The summed E-state index contributed by atoms with van der Waals surface area (Å²) in [5.74, 6) is -2.70. The van der Waals surface area contributed by atoms with E-state index in [1.165, 1.54) is 17.2 Å². The number of rotatable bonds is 13. The summed E-state index contributed by atoms with van der Waals surface area (Å²) in [7, 11) is 0. The highest BCUT2D eigenvalue weighted by Gasteiger charge is 2.45. The lowest BCUT2D eigenvalue weighted by molar-refractivity contribution is -0.144. The summed E-state index contributed by atoms with van der Waals surface area (Å²) >= 11 is 0. The molecular weight excluding hydrogens is 582 g/mol. The molecule has 13 heteroatoms. The summed E-state index contributed by atoms with van der Waals surface area (Å²) in [6.07, 6.45) is -0.0439. The zero-order valence-corrected chi connectivity index (χ0v) is 26.6. The minimum absolute atomic E-state index is 0.0572. The molecule has 244 valence electrons. The van der Waals surface area contributed by atoms with Gasteiger partial charge in [0.2, 0.25) is 0 Å². The number of nitrogen functional groups attached to an aromatic ring is 1. The Kier molecular flexibility index (Phi) is 10.1. The van der Waals surface area contributed by atoms with E-state index in [4.69, 9.17) is 10.5 Å². The second-order valence-corrected chi connectivity index (χ2v) is 13.0. The molecule has 5 N–H and O–H groups in total. The molecule has 1 unspecified atom stereocenters. The van der Waals surface area contributed by atoms with Gasteiger partial charge in [-0.3, -0.25) is 23.7 Å². The fourth-order valence-corrected chi connectivity index (χ4v) is 6.61. The minimum Gasteiger partial charge on any atom is -0.481 e. The van der Waals surface area contributed by atoms with E-state index in [2.05, 4.69) is 15.0 Å². The zero-order valence-electron chi connectivity index (χ0n) is 26.6. The molecule has 0 radical (unpaired) electrons. The number of nitrogens with zero attached hydrogens (tertiary/aromatic N) is 4. The molecule has 6 atom stereocenters. The van der Waals surface area contributed by atoms with Gasteiger partial charge in [-0.05, 0) is 46.0 Å². The Morgan fingerprint density at radius 3 is 2.33 bits per heavy atom. The number of anilines is 1. The molecule has 0 saturated carbocycles. The number of carbonyl (C=O) groups excluding carboxylic acids is 3. The largest absolute Gasteiger partial charge is 0.481 e. The maximum absolute atomic E-state index is 13.2. The molecule has 2 aliphatic rings. The third kappa shape index (κ3) is 6.75. The second-order valence-electron chi connectivity index (χ2n) is 13.0. The highest BCUT2D eigenvalue weighted by atomic mass is 16.6. The Morgan fingerprint density at radius 1 is 1.02 bits per heavy atom. The van der Waals surface area contributed by atoms with Gasteiger partial charge in [0, 0.05) is 40.5 Å². The zero-order chi connectivity index (χ0) is 33.4. The van der Waals surface area contributed by atoms with Crippen LogP contribution in [0.25, 0.3) is 11.2 Å². The molecule has 4 rings (SSSR count). The van der Waals surface area contributed by atoms with Gasteiger partial charge in [0.15, 0.2) is 29.3 Å². The van der Waals surface area contributed by atoms with E-state index in [1.54, 1.807) is 34.6 Å². The normalized spacial score (nSPS) is 24.1. The molecular formula is C32H43N5O8. The number of aliphatic carboxylic acids is 1. The standard InChI is InChI=1S/C32H43N5O8/c1-7-18(10-21-26(41)27(42)30(45-21)37-14-36-23-28(33)34-13-35-29(23)37)8-9-19(31(43)44)11-20(38)12-32(5,6)22-17(4)24(39)15(2)16(3)25(22)40/h13-14,18-19,21,26-27,30,41-42H,7-12H2,1-6H3,(H,43,44)(H2,33,34,35)/t18-,19+,21+,26?,27-,30+/m0/s1. The lowest BCUT2D eigenvalue weighted by Gasteiger charge is -2.31. The highest BCUT2D eigenvalue weighted by Crippen LogP contribution is 2.40. The van der Waals surface area contributed by atoms with Crippen LogP contribution in [-0.2, 0) is 23.9 Å². The fraction of sp³-hybridized carbons (Fsp3) is 0.594. The first-order valence-electron chi connectivity index (χ1n) is 15.3. The van der Waals surface area contributed by atoms with Gasteiger partial charge < -0.3 is 25.8 Å². The monoisotopic (exact) mass is 625 g/mol. The van der Waals surface area contributed by atoms with E-state index in [9.17, 15) is 34.5 Å². The average Bonchev–Trinajstić information content (AvgIpc) is 3.53. The van der Waals surface area contributed by atoms with E-state index >= 15 is 0 Å². The summed E-state index contributed by atoms with van der Waals surface area (Å²) in [6, 6.07) is 0. The van der Waals surface area contributed by atoms with Crippen molar-refractivity contribution in [3.05, 3.63) is 34.9 Å². The fourth-order valence-electron chi connectivity index (χ4n) is 6.61. The molecule has 13 nitrogen and oxygen atoms in total. The number of hydrogen-bond acceptors (Lipinski definition) is 11. The van der Waals surface area contributed by atoms with E-state index in [0.717, 1.165) is 0 Å². The molecule has 0 bridgehead atoms. The van der Waals surface area contributed by atoms with Crippen LogP contribution in [0, 0.1) is 17.3 Å². The summed E-state index contributed by atoms with van der Waals surface area (Å²) in [6.45, 7) is 10.2. The van der Waals surface area contributed by atoms with Gasteiger partial charge in [-0.1, -0.05) is 27.2 Å². The van der Waals surface area contributed by atoms with Crippen LogP contribution < -0.4 is 5.73 Å². The molecule has 3 heterocycles. The predicted octanol–water partition coefficient (Wildman–Crippen LogP) is 3.11. The van der Waals surface area contributed by atoms with E-state index in [0.29, 0.717) is 52.7 Å². The van der Waals surface area contributed by atoms with Gasteiger partial charge in [0.1, 0.15) is 29.8 Å². The first-order chi connectivity index (χ1) is 21.1. The first-order valence-corrected chi connectivity index (χ1v) is 15.3. The number of aromatic nitrogens is 4. The van der Waals surface area contributed by atoms with Crippen molar-refractivity contribution in [3.8, 4) is 0 Å². The van der Waals surface area contributed by atoms with E-state index < -0.39 is 41.8 Å². The van der Waals surface area contributed by atoms with E-state index in [-0.39, 0.29) is 48.3 Å². The highest BCUT2D eigenvalue weighted by molar-refractivity contribution is 6.25. The number of nitrogens with two attached hydrogens (primary N) is 1. The Bertz CT molecular complexity index is 1570. The number of ketones is 3. The number of fused-ring (bicyclic) bond motifs is 1. The van der Waals surface area contributed by atoms with Crippen molar-refractivity contribution < 1.29 is 39.2 Å². The van der Waals surface area contributed by atoms with Gasteiger partial charge in [0.25, 0.3) is 0 Å². The first kappa shape index (κ1) is 34.1. The molecule has 1 saturated heterocycles. The van der Waals surface area contributed by atoms with Crippen molar-refractivity contribution in [2.45, 2.75) is 105 Å². The molecule has 0 spiro atoms. The number of hydrogen-bond donors (Lipinski definition) is 4. The number of Topliss-reactive ketones (excluding diaryl/α,β-unsaturated/α-hetero) is 3. The smallest absolute Gasteiger partial charge is 0.306 e. The molecule has 2 aromatic rings. The van der Waals surface area contributed by atoms with Crippen LogP contribution in [0.2, 0.25) is 0 Å². The summed E-state index contributed by atoms with van der Waals surface area (Å²) in [5.41, 5.74) is 7.02. The molecule has 1 aliphatic heterocycles. The van der Waals surface area contributed by atoms with Crippen molar-refractivity contribution >= 4 is 40.3 Å². The van der Waals surface area contributed by atoms with Crippen LogP contribution in [-0.4, -0.2) is 76.5 Å². The second kappa shape index (κ2) is 13.3. The molecule has 1 fully saturated rings. The molecule has 0 amide bonds. The van der Waals surface area contributed by atoms with Crippen molar-refractivity contribution in [3.63, 3.8) is 0 Å². The Labute approximate surface area is 261 Å². The lowest BCUT2D eigenvalue weighted by atomic mass is 9.70. The number of imidazole rings is 1. The van der Waals surface area contributed by atoms with Crippen LogP contribution in [0.4, 0.5) is 5.82 Å².